The van der Waals surface area contributed by atoms with Gasteiger partial charge < -0.3 is 15.2 Å². The van der Waals surface area contributed by atoms with Gasteiger partial charge in [0.05, 0.1) is 6.10 Å². The number of ether oxygens (including phenoxy) is 1. The van der Waals surface area contributed by atoms with Gasteiger partial charge in [-0.3, -0.25) is 4.79 Å². The largest absolute Gasteiger partial charge is 0.573 e. The van der Waals surface area contributed by atoms with Crippen LogP contribution in [0.15, 0.2) is 30.6 Å². The van der Waals surface area contributed by atoms with Crippen molar-refractivity contribution >= 4 is 11.7 Å². The maximum absolute atomic E-state index is 12.2. The van der Waals surface area contributed by atoms with Crippen molar-refractivity contribution in [2.75, 3.05) is 6.54 Å². The molecule has 2 aromatic heterocycles. The number of nitrogens with one attached hydrogen (secondary N) is 1. The van der Waals surface area contributed by atoms with Gasteiger partial charge in [-0.2, -0.15) is 10.1 Å². The van der Waals surface area contributed by atoms with Gasteiger partial charge in [0, 0.05) is 24.4 Å². The zero-order valence-corrected chi connectivity index (χ0v) is 16.3. The number of aromatic nitrogens is 4. The van der Waals surface area contributed by atoms with Crippen LogP contribution in [0.1, 0.15) is 35.0 Å². The number of aryl methyl sites for hydroxylation is 2. The summed E-state index contributed by atoms with van der Waals surface area (Å²) < 4.78 is 41.9. The van der Waals surface area contributed by atoms with Crippen LogP contribution < -0.4 is 10.1 Å². The third-order valence-electron chi connectivity index (χ3n) is 4.58. The molecule has 1 atom stereocenters. The van der Waals surface area contributed by atoms with Crippen molar-refractivity contribution in [2.45, 2.75) is 39.2 Å². The first kappa shape index (κ1) is 21.5. The van der Waals surface area contributed by atoms with Crippen LogP contribution in [0.4, 0.5) is 13.2 Å². The summed E-state index contributed by atoms with van der Waals surface area (Å²) in [5.74, 6) is -0.164. The number of nitrogens with zero attached hydrogens (tertiary/aromatic N) is 4. The van der Waals surface area contributed by atoms with E-state index < -0.39 is 12.5 Å². The molecule has 0 aliphatic carbocycles. The molecule has 1 amide bonds. The molecule has 8 nitrogen and oxygen atoms in total. The lowest BCUT2D eigenvalue weighted by Crippen LogP contribution is -2.28. The number of fused-ring (bicyclic) bond motifs is 1. The van der Waals surface area contributed by atoms with Gasteiger partial charge in [-0.15, -0.1) is 13.2 Å². The summed E-state index contributed by atoms with van der Waals surface area (Å²) >= 11 is 0. The Bertz CT molecular complexity index is 1030. The van der Waals surface area contributed by atoms with Crippen LogP contribution >= 0.6 is 0 Å². The van der Waals surface area contributed by atoms with E-state index in [-0.39, 0.29) is 24.6 Å². The van der Waals surface area contributed by atoms with Crippen LogP contribution in [0.25, 0.3) is 5.78 Å². The zero-order valence-electron chi connectivity index (χ0n) is 16.3. The van der Waals surface area contributed by atoms with Gasteiger partial charge in [-0.25, -0.2) is 9.50 Å². The molecular formula is C19H20F3N5O3. The van der Waals surface area contributed by atoms with Crippen molar-refractivity contribution in [3.05, 3.63) is 53.1 Å². The van der Waals surface area contributed by atoms with Crippen molar-refractivity contribution < 1.29 is 27.8 Å². The summed E-state index contributed by atoms with van der Waals surface area (Å²) in [4.78, 5) is 20.6. The summed E-state index contributed by atoms with van der Waals surface area (Å²) in [6.07, 6.45) is -3.82. The Kier molecular flexibility index (Phi) is 6.20. The first-order valence-electron chi connectivity index (χ1n) is 9.10. The van der Waals surface area contributed by atoms with Crippen LogP contribution in [-0.4, -0.2) is 43.5 Å². The van der Waals surface area contributed by atoms with Crippen molar-refractivity contribution in [3.8, 4) is 5.75 Å². The number of amides is 1. The van der Waals surface area contributed by atoms with Crippen molar-refractivity contribution in [3.63, 3.8) is 0 Å². The molecule has 0 aliphatic heterocycles. The van der Waals surface area contributed by atoms with E-state index in [4.69, 9.17) is 0 Å². The molecule has 3 rings (SSSR count). The predicted octanol–water partition coefficient (Wildman–Crippen LogP) is 2.42. The first-order valence-corrected chi connectivity index (χ1v) is 9.10. The highest BCUT2D eigenvalue weighted by Crippen LogP contribution is 2.24. The Morgan fingerprint density at radius 3 is 2.63 bits per heavy atom. The molecule has 0 radical (unpaired) electrons. The molecule has 0 aliphatic rings. The zero-order chi connectivity index (χ0) is 21.9. The van der Waals surface area contributed by atoms with E-state index in [1.807, 2.05) is 13.8 Å². The summed E-state index contributed by atoms with van der Waals surface area (Å²) in [5, 5.41) is 16.9. The van der Waals surface area contributed by atoms with E-state index in [0.29, 0.717) is 17.8 Å². The number of rotatable bonds is 7. The fourth-order valence-electron chi connectivity index (χ4n) is 3.06. The topological polar surface area (TPSA) is 102 Å². The summed E-state index contributed by atoms with van der Waals surface area (Å²) in [5.41, 5.74) is 2.87. The Labute approximate surface area is 169 Å². The van der Waals surface area contributed by atoms with Gasteiger partial charge in [-0.05, 0) is 43.5 Å². The lowest BCUT2D eigenvalue weighted by molar-refractivity contribution is -0.274. The molecule has 160 valence electrons. The second-order valence-electron chi connectivity index (χ2n) is 6.67. The first-order chi connectivity index (χ1) is 14.1. The number of aliphatic hydroxyl groups excluding tert-OH is 1. The number of halogens is 3. The number of alkyl halides is 3. The number of hydrogen-bond donors (Lipinski definition) is 2. The van der Waals surface area contributed by atoms with Gasteiger partial charge in [0.1, 0.15) is 12.1 Å². The summed E-state index contributed by atoms with van der Waals surface area (Å²) in [7, 11) is 0. The average Bonchev–Trinajstić information content (AvgIpc) is 3.13. The molecule has 2 N–H and O–H groups in total. The van der Waals surface area contributed by atoms with Gasteiger partial charge >= 0.3 is 6.36 Å². The highest BCUT2D eigenvalue weighted by atomic mass is 19.4. The number of benzene rings is 1. The Morgan fingerprint density at radius 1 is 1.27 bits per heavy atom. The number of hydrogen-bond acceptors (Lipinski definition) is 6. The molecule has 2 heterocycles. The van der Waals surface area contributed by atoms with E-state index in [0.717, 1.165) is 29.1 Å². The fraction of sp³-hybridized carbons (Fsp3) is 0.368. The molecule has 0 saturated heterocycles. The molecule has 0 saturated carbocycles. The Balaban J connectivity index is 1.52. The third-order valence-corrected chi connectivity index (χ3v) is 4.58. The minimum Gasteiger partial charge on any atom is -0.406 e. The quantitative estimate of drug-likeness (QED) is 0.605. The van der Waals surface area contributed by atoms with E-state index in [2.05, 4.69) is 25.1 Å². The normalized spacial score (nSPS) is 12.7. The minimum atomic E-state index is -4.78. The maximum atomic E-state index is 12.2. The van der Waals surface area contributed by atoms with Crippen LogP contribution in [0.2, 0.25) is 0 Å². The SMILES string of the molecule is Cc1nc2ncnn2c(C)c1CCC(=O)NCC(O)c1ccc(OC(F)(F)F)cc1. The van der Waals surface area contributed by atoms with Crippen LogP contribution in [0.3, 0.4) is 0 Å². The third kappa shape index (κ3) is 5.23. The fourth-order valence-corrected chi connectivity index (χ4v) is 3.06. The van der Waals surface area contributed by atoms with E-state index in [9.17, 15) is 23.1 Å². The van der Waals surface area contributed by atoms with Gasteiger partial charge in [0.25, 0.3) is 5.78 Å². The van der Waals surface area contributed by atoms with Crippen LogP contribution in [0.5, 0.6) is 5.75 Å². The molecule has 11 heteroatoms. The molecule has 0 fully saturated rings. The number of aliphatic hydroxyl groups is 1. The van der Waals surface area contributed by atoms with Crippen LogP contribution in [-0.2, 0) is 11.2 Å². The van der Waals surface area contributed by atoms with E-state index >= 15 is 0 Å². The van der Waals surface area contributed by atoms with Crippen LogP contribution in [0, 0.1) is 13.8 Å². The molecule has 1 unspecified atom stereocenters. The van der Waals surface area contributed by atoms with Crippen molar-refractivity contribution in [1.82, 2.24) is 24.9 Å². The lowest BCUT2D eigenvalue weighted by atomic mass is 10.1. The average molecular weight is 423 g/mol. The predicted molar refractivity (Wildman–Crippen MR) is 99.7 cm³/mol. The van der Waals surface area contributed by atoms with Crippen molar-refractivity contribution in [2.24, 2.45) is 0 Å². The monoisotopic (exact) mass is 423 g/mol. The molecule has 1 aromatic carbocycles. The van der Waals surface area contributed by atoms with Crippen molar-refractivity contribution in [1.29, 1.82) is 0 Å². The molecular weight excluding hydrogens is 403 g/mol. The minimum absolute atomic E-state index is 0.0728. The Hall–Kier alpha value is -3.21. The summed E-state index contributed by atoms with van der Waals surface area (Å²) in [6, 6.07) is 4.83. The lowest BCUT2D eigenvalue weighted by Gasteiger charge is -2.14. The highest BCUT2D eigenvalue weighted by Gasteiger charge is 2.31. The van der Waals surface area contributed by atoms with Gasteiger partial charge in [-0.1, -0.05) is 12.1 Å². The second-order valence-corrected chi connectivity index (χ2v) is 6.67. The van der Waals surface area contributed by atoms with E-state index in [1.54, 1.807) is 4.52 Å². The maximum Gasteiger partial charge on any atom is 0.573 e. The van der Waals surface area contributed by atoms with Gasteiger partial charge in [0.15, 0.2) is 0 Å². The number of carbonyl (C=O) groups excluding carboxylic acids is 1. The van der Waals surface area contributed by atoms with E-state index in [1.165, 1.54) is 18.5 Å². The Morgan fingerprint density at radius 2 is 1.97 bits per heavy atom. The van der Waals surface area contributed by atoms with Gasteiger partial charge in [0.2, 0.25) is 5.91 Å². The number of carbonyl (C=O) groups is 1. The standard InChI is InChI=1S/C19H20F3N5O3/c1-11-15(12(2)27-18(26-11)24-10-25-27)7-8-17(29)23-9-16(28)13-3-5-14(6-4-13)30-19(20,21)22/h3-6,10,16,28H,7-9H2,1-2H3,(H,23,29). The molecule has 0 bridgehead atoms. The second kappa shape index (κ2) is 8.66. The molecule has 0 spiro atoms. The smallest absolute Gasteiger partial charge is 0.406 e. The molecule has 3 aromatic rings. The molecule has 30 heavy (non-hydrogen) atoms. The highest BCUT2D eigenvalue weighted by molar-refractivity contribution is 5.76. The summed E-state index contributed by atoms with van der Waals surface area (Å²) in [6.45, 7) is 3.64.